The summed E-state index contributed by atoms with van der Waals surface area (Å²) in [6.45, 7) is 5.26. The van der Waals surface area contributed by atoms with Gasteiger partial charge in [0.05, 0.1) is 17.5 Å². The molecule has 4 rings (SSSR count). The van der Waals surface area contributed by atoms with Gasteiger partial charge in [0.15, 0.2) is 11.5 Å². The maximum atomic E-state index is 12.6. The van der Waals surface area contributed by atoms with Crippen molar-refractivity contribution in [2.45, 2.75) is 25.0 Å². The first-order valence-electron chi connectivity index (χ1n) is 9.89. The van der Waals surface area contributed by atoms with Crippen LogP contribution in [0.5, 0.6) is 11.5 Å². The van der Waals surface area contributed by atoms with Gasteiger partial charge in [-0.25, -0.2) is 9.67 Å². The molecular weight excluding hydrogens is 400 g/mol. The van der Waals surface area contributed by atoms with Crippen molar-refractivity contribution in [2.75, 3.05) is 19.0 Å². The zero-order valence-corrected chi connectivity index (χ0v) is 17.8. The van der Waals surface area contributed by atoms with Gasteiger partial charge in [0.1, 0.15) is 19.5 Å². The second-order valence-electron chi connectivity index (χ2n) is 7.29. The average Bonchev–Trinajstić information content (AvgIpc) is 3.25. The molecule has 3 aromatic rings. The molecule has 7 nitrogen and oxygen atoms in total. The van der Waals surface area contributed by atoms with Crippen LogP contribution >= 0.6 is 11.8 Å². The number of para-hydroxylation sites is 1. The minimum absolute atomic E-state index is 0.0651. The van der Waals surface area contributed by atoms with E-state index in [2.05, 4.69) is 29.2 Å². The van der Waals surface area contributed by atoms with E-state index >= 15 is 0 Å². The Morgan fingerprint density at radius 1 is 1.13 bits per heavy atom. The summed E-state index contributed by atoms with van der Waals surface area (Å²) < 4.78 is 13.0. The van der Waals surface area contributed by atoms with E-state index in [1.54, 1.807) is 11.0 Å². The minimum atomic E-state index is -0.122. The summed E-state index contributed by atoms with van der Waals surface area (Å²) in [6.07, 6.45) is 1.65. The Balaban J connectivity index is 1.38. The van der Waals surface area contributed by atoms with Gasteiger partial charge in [0.2, 0.25) is 11.1 Å². The lowest BCUT2D eigenvalue weighted by Gasteiger charge is -2.25. The van der Waals surface area contributed by atoms with E-state index in [1.165, 1.54) is 11.8 Å². The van der Waals surface area contributed by atoms with Crippen molar-refractivity contribution >= 4 is 17.7 Å². The molecule has 156 valence electrons. The first kappa shape index (κ1) is 20.3. The zero-order valence-electron chi connectivity index (χ0n) is 16.9. The van der Waals surface area contributed by atoms with Crippen molar-refractivity contribution < 1.29 is 14.3 Å². The minimum Gasteiger partial charge on any atom is -0.486 e. The molecule has 30 heavy (non-hydrogen) atoms. The molecule has 0 saturated heterocycles. The molecular formula is C22H24N4O3S. The van der Waals surface area contributed by atoms with Crippen LogP contribution in [0, 0.1) is 5.92 Å². The summed E-state index contributed by atoms with van der Waals surface area (Å²) in [5, 5.41) is 8.13. The van der Waals surface area contributed by atoms with Gasteiger partial charge in [-0.05, 0) is 35.7 Å². The lowest BCUT2D eigenvalue weighted by Crippen LogP contribution is -2.33. The second-order valence-corrected chi connectivity index (χ2v) is 8.23. The third-order valence-corrected chi connectivity index (χ3v) is 5.58. The molecule has 1 amide bonds. The molecule has 0 bridgehead atoms. The van der Waals surface area contributed by atoms with Crippen molar-refractivity contribution in [1.29, 1.82) is 0 Å². The largest absolute Gasteiger partial charge is 0.486 e. The summed E-state index contributed by atoms with van der Waals surface area (Å²) in [6, 6.07) is 15.5. The number of ether oxygens (including phenoxy) is 2. The molecule has 1 aromatic heterocycles. The molecule has 2 heterocycles. The maximum Gasteiger partial charge on any atom is 0.230 e. The Morgan fingerprint density at radius 3 is 2.67 bits per heavy atom. The highest BCUT2D eigenvalue weighted by Gasteiger charge is 2.21. The smallest absolute Gasteiger partial charge is 0.230 e. The van der Waals surface area contributed by atoms with Gasteiger partial charge in [-0.2, -0.15) is 0 Å². The second kappa shape index (κ2) is 9.21. The third-order valence-electron chi connectivity index (χ3n) is 4.73. The molecule has 0 spiro atoms. The van der Waals surface area contributed by atoms with E-state index in [1.807, 2.05) is 48.5 Å². The molecule has 0 fully saturated rings. The predicted molar refractivity (Wildman–Crippen MR) is 115 cm³/mol. The van der Waals surface area contributed by atoms with Gasteiger partial charge in [-0.1, -0.05) is 49.9 Å². The summed E-state index contributed by atoms with van der Waals surface area (Å²) in [5.74, 6) is 1.87. The zero-order chi connectivity index (χ0) is 20.9. The molecule has 1 aliphatic heterocycles. The molecule has 0 aliphatic carbocycles. The van der Waals surface area contributed by atoms with E-state index in [0.29, 0.717) is 18.4 Å². The Morgan fingerprint density at radius 2 is 1.90 bits per heavy atom. The number of hydrogen-bond donors (Lipinski definition) is 1. The van der Waals surface area contributed by atoms with Crippen LogP contribution in [0.1, 0.15) is 25.5 Å². The topological polar surface area (TPSA) is 78.3 Å². The number of amides is 1. The molecule has 1 N–H and O–H groups in total. The quantitative estimate of drug-likeness (QED) is 0.584. The normalized spacial score (nSPS) is 13.8. The van der Waals surface area contributed by atoms with Crippen LogP contribution in [-0.2, 0) is 4.79 Å². The number of benzene rings is 2. The Bertz CT molecular complexity index is 1010. The van der Waals surface area contributed by atoms with Crippen molar-refractivity contribution in [3.05, 3.63) is 60.4 Å². The van der Waals surface area contributed by atoms with Crippen molar-refractivity contribution in [2.24, 2.45) is 5.92 Å². The number of thioether (sulfide) groups is 1. The molecule has 2 aromatic carbocycles. The lowest BCUT2D eigenvalue weighted by atomic mass is 9.95. The highest BCUT2D eigenvalue weighted by atomic mass is 32.2. The standard InChI is InChI=1S/C22H24N4O3S/c1-15(2)21(16-8-9-18-19(12-16)29-11-10-28-18)24-20(27)13-30-22-23-14-26(25-22)17-6-4-3-5-7-17/h3-9,12,14-15,21H,10-11,13H2,1-2H3,(H,24,27). The third kappa shape index (κ3) is 4.76. The van der Waals surface area contributed by atoms with Gasteiger partial charge in [-0.15, -0.1) is 5.10 Å². The number of carbonyl (C=O) groups is 1. The van der Waals surface area contributed by atoms with Crippen molar-refractivity contribution in [1.82, 2.24) is 20.1 Å². The van der Waals surface area contributed by atoms with Gasteiger partial charge >= 0.3 is 0 Å². The monoisotopic (exact) mass is 424 g/mol. The highest BCUT2D eigenvalue weighted by Crippen LogP contribution is 2.34. The molecule has 1 atom stereocenters. The van der Waals surface area contributed by atoms with Gasteiger partial charge in [-0.3, -0.25) is 4.79 Å². The summed E-state index contributed by atoms with van der Waals surface area (Å²) in [4.78, 5) is 16.9. The highest BCUT2D eigenvalue weighted by molar-refractivity contribution is 7.99. The van der Waals surface area contributed by atoms with Crippen LogP contribution in [-0.4, -0.2) is 39.6 Å². The Kier molecular flexibility index (Phi) is 6.23. The van der Waals surface area contributed by atoms with Crippen LogP contribution in [0.2, 0.25) is 0 Å². The Hall–Kier alpha value is -3.00. The van der Waals surface area contributed by atoms with E-state index in [9.17, 15) is 4.79 Å². The lowest BCUT2D eigenvalue weighted by molar-refractivity contribution is -0.119. The first-order valence-corrected chi connectivity index (χ1v) is 10.9. The summed E-state index contributed by atoms with van der Waals surface area (Å²) in [5.41, 5.74) is 1.93. The maximum absolute atomic E-state index is 12.6. The van der Waals surface area contributed by atoms with E-state index < -0.39 is 0 Å². The Labute approximate surface area is 179 Å². The van der Waals surface area contributed by atoms with E-state index in [0.717, 1.165) is 22.7 Å². The van der Waals surface area contributed by atoms with Crippen molar-refractivity contribution in [3.63, 3.8) is 0 Å². The molecule has 1 unspecified atom stereocenters. The number of fused-ring (bicyclic) bond motifs is 1. The van der Waals surface area contributed by atoms with E-state index in [4.69, 9.17) is 9.47 Å². The van der Waals surface area contributed by atoms with Crippen LogP contribution < -0.4 is 14.8 Å². The molecule has 8 heteroatoms. The average molecular weight is 425 g/mol. The fourth-order valence-electron chi connectivity index (χ4n) is 3.25. The fourth-order valence-corrected chi connectivity index (χ4v) is 3.86. The van der Waals surface area contributed by atoms with Gasteiger partial charge < -0.3 is 14.8 Å². The number of carbonyl (C=O) groups excluding carboxylic acids is 1. The van der Waals surface area contributed by atoms with E-state index in [-0.39, 0.29) is 23.6 Å². The summed E-state index contributed by atoms with van der Waals surface area (Å²) >= 11 is 1.32. The molecule has 0 radical (unpaired) electrons. The number of rotatable bonds is 7. The fraction of sp³-hybridized carbons (Fsp3) is 0.318. The van der Waals surface area contributed by atoms with Crippen LogP contribution in [0.25, 0.3) is 5.69 Å². The SMILES string of the molecule is CC(C)C(NC(=O)CSc1ncn(-c2ccccc2)n1)c1ccc2c(c1)OCCO2. The van der Waals surface area contributed by atoms with Crippen molar-refractivity contribution in [3.8, 4) is 17.2 Å². The first-order chi connectivity index (χ1) is 14.6. The van der Waals surface area contributed by atoms with Crippen LogP contribution in [0.15, 0.2) is 60.0 Å². The van der Waals surface area contributed by atoms with Gasteiger partial charge in [0, 0.05) is 0 Å². The molecule has 0 saturated carbocycles. The summed E-state index contributed by atoms with van der Waals surface area (Å²) in [7, 11) is 0. The number of nitrogens with zero attached hydrogens (tertiary/aromatic N) is 3. The number of nitrogens with one attached hydrogen (secondary N) is 1. The van der Waals surface area contributed by atoms with Gasteiger partial charge in [0.25, 0.3) is 0 Å². The van der Waals surface area contributed by atoms with Crippen LogP contribution in [0.3, 0.4) is 0 Å². The number of aromatic nitrogens is 3. The van der Waals surface area contributed by atoms with Crippen LogP contribution in [0.4, 0.5) is 0 Å². The number of hydrogen-bond acceptors (Lipinski definition) is 6. The molecule has 1 aliphatic rings. The predicted octanol–water partition coefficient (Wildman–Crippen LogP) is 3.64.